The third kappa shape index (κ3) is 3.45. The summed E-state index contributed by atoms with van der Waals surface area (Å²) in [4.78, 5) is 21.8. The third-order valence-corrected chi connectivity index (χ3v) is 4.07. The molecule has 0 spiro atoms. The first kappa shape index (κ1) is 15.0. The Morgan fingerprint density at radius 1 is 1.45 bits per heavy atom. The Morgan fingerprint density at radius 2 is 2.32 bits per heavy atom. The highest BCUT2D eigenvalue weighted by molar-refractivity contribution is 5.78. The van der Waals surface area contributed by atoms with E-state index in [9.17, 15) is 4.79 Å². The Labute approximate surface area is 129 Å². The van der Waals surface area contributed by atoms with Gasteiger partial charge in [0, 0.05) is 26.2 Å². The number of hydrogen-bond donors (Lipinski definition) is 2. The van der Waals surface area contributed by atoms with E-state index >= 15 is 0 Å². The minimum atomic E-state index is -0.0971. The van der Waals surface area contributed by atoms with Gasteiger partial charge in [-0.3, -0.25) is 14.7 Å². The first-order valence-electron chi connectivity index (χ1n) is 7.73. The van der Waals surface area contributed by atoms with E-state index in [1.54, 1.807) is 13.2 Å². The van der Waals surface area contributed by atoms with Crippen LogP contribution in [0, 0.1) is 0 Å². The molecule has 1 aliphatic rings. The van der Waals surface area contributed by atoms with Crippen LogP contribution in [0.4, 0.5) is 5.95 Å². The van der Waals surface area contributed by atoms with Gasteiger partial charge in [-0.15, -0.1) is 0 Å². The zero-order valence-electron chi connectivity index (χ0n) is 12.8. The van der Waals surface area contributed by atoms with E-state index in [0.717, 1.165) is 44.6 Å². The maximum atomic E-state index is 12.1. The lowest BCUT2D eigenvalue weighted by atomic mass is 10.1. The van der Waals surface area contributed by atoms with Crippen LogP contribution in [0.2, 0.25) is 0 Å². The molecule has 2 heterocycles. The summed E-state index contributed by atoms with van der Waals surface area (Å²) in [6.45, 7) is 3.73. The summed E-state index contributed by atoms with van der Waals surface area (Å²) in [6, 6.07) is 7.70. The highest BCUT2D eigenvalue weighted by Crippen LogP contribution is 2.14. The molecule has 3 rings (SSSR count). The molecule has 1 saturated heterocycles. The Balaban J connectivity index is 1.71. The maximum absolute atomic E-state index is 12.1. The van der Waals surface area contributed by atoms with Crippen LogP contribution in [-0.4, -0.2) is 54.3 Å². The second kappa shape index (κ2) is 6.89. The molecule has 1 aromatic heterocycles. The zero-order chi connectivity index (χ0) is 15.4. The Kier molecular flexibility index (Phi) is 4.70. The van der Waals surface area contributed by atoms with Crippen molar-refractivity contribution in [1.82, 2.24) is 14.9 Å². The predicted molar refractivity (Wildman–Crippen MR) is 87.3 cm³/mol. The van der Waals surface area contributed by atoms with Gasteiger partial charge in [0.2, 0.25) is 5.95 Å². The first-order valence-corrected chi connectivity index (χ1v) is 7.73. The number of methoxy groups -OCH3 is 1. The fourth-order valence-electron chi connectivity index (χ4n) is 2.94. The van der Waals surface area contributed by atoms with E-state index in [4.69, 9.17) is 4.74 Å². The minimum Gasteiger partial charge on any atom is -0.383 e. The molecule has 0 aliphatic carbocycles. The summed E-state index contributed by atoms with van der Waals surface area (Å²) in [6.07, 6.45) is 2.22. The number of nitrogens with one attached hydrogen (secondary N) is 2. The fourth-order valence-corrected chi connectivity index (χ4v) is 2.94. The summed E-state index contributed by atoms with van der Waals surface area (Å²) in [5.74, 6) is 0.558. The lowest BCUT2D eigenvalue weighted by Gasteiger charge is -2.33. The van der Waals surface area contributed by atoms with Gasteiger partial charge in [0.1, 0.15) is 0 Å². The highest BCUT2D eigenvalue weighted by Gasteiger charge is 2.20. The lowest BCUT2D eigenvalue weighted by Crippen LogP contribution is -2.43. The van der Waals surface area contributed by atoms with Crippen molar-refractivity contribution in [3.8, 4) is 0 Å². The van der Waals surface area contributed by atoms with Crippen molar-refractivity contribution in [2.24, 2.45) is 0 Å². The van der Waals surface area contributed by atoms with Crippen molar-refractivity contribution in [2.75, 3.05) is 38.7 Å². The maximum Gasteiger partial charge on any atom is 0.260 e. The first-order chi connectivity index (χ1) is 10.8. The predicted octanol–water partition coefficient (Wildman–Crippen LogP) is 1.45. The number of aromatic nitrogens is 2. The molecule has 0 amide bonds. The molecule has 2 aromatic rings. The normalized spacial score (nSPS) is 19.4. The van der Waals surface area contributed by atoms with Gasteiger partial charge < -0.3 is 10.1 Å². The molecule has 0 unspecified atom stereocenters. The van der Waals surface area contributed by atoms with E-state index in [1.165, 1.54) is 0 Å². The van der Waals surface area contributed by atoms with Crippen molar-refractivity contribution < 1.29 is 4.74 Å². The third-order valence-electron chi connectivity index (χ3n) is 4.07. The molecule has 22 heavy (non-hydrogen) atoms. The molecule has 6 nitrogen and oxygen atoms in total. The number of ether oxygens (including phenoxy) is 1. The highest BCUT2D eigenvalue weighted by atomic mass is 16.5. The topological polar surface area (TPSA) is 70.2 Å². The second-order valence-electron chi connectivity index (χ2n) is 5.71. The largest absolute Gasteiger partial charge is 0.383 e. The number of piperidine rings is 1. The molecule has 1 atom stereocenters. The van der Waals surface area contributed by atoms with Gasteiger partial charge >= 0.3 is 0 Å². The van der Waals surface area contributed by atoms with Crippen molar-refractivity contribution in [2.45, 2.75) is 18.9 Å². The van der Waals surface area contributed by atoms with E-state index in [1.807, 2.05) is 18.2 Å². The Hall–Kier alpha value is -1.92. The molecule has 0 saturated carbocycles. The summed E-state index contributed by atoms with van der Waals surface area (Å²) >= 11 is 0. The van der Waals surface area contributed by atoms with Crippen LogP contribution in [0.1, 0.15) is 12.8 Å². The van der Waals surface area contributed by atoms with Crippen molar-refractivity contribution in [1.29, 1.82) is 0 Å². The van der Waals surface area contributed by atoms with E-state index in [2.05, 4.69) is 20.2 Å². The molecule has 1 fully saturated rings. The van der Waals surface area contributed by atoms with Gasteiger partial charge in [-0.1, -0.05) is 12.1 Å². The van der Waals surface area contributed by atoms with Crippen LogP contribution >= 0.6 is 0 Å². The SMILES string of the molecule is COCCN1CCC[C@H](Nc2nc3ccccc3c(=O)[nH]2)C1. The van der Waals surface area contributed by atoms with E-state index < -0.39 is 0 Å². The molecule has 0 bridgehead atoms. The molecular formula is C16H22N4O2. The summed E-state index contributed by atoms with van der Waals surface area (Å²) in [7, 11) is 1.73. The van der Waals surface area contributed by atoms with Crippen molar-refractivity contribution in [3.63, 3.8) is 0 Å². The quantitative estimate of drug-likeness (QED) is 0.875. The molecule has 1 aromatic carbocycles. The number of H-pyrrole nitrogens is 1. The van der Waals surface area contributed by atoms with Crippen LogP contribution in [0.25, 0.3) is 10.9 Å². The molecule has 6 heteroatoms. The average Bonchev–Trinajstić information content (AvgIpc) is 2.53. The second-order valence-corrected chi connectivity index (χ2v) is 5.71. The summed E-state index contributed by atoms with van der Waals surface area (Å²) < 4.78 is 5.14. The van der Waals surface area contributed by atoms with Crippen LogP contribution < -0.4 is 10.9 Å². The minimum absolute atomic E-state index is 0.0971. The number of aromatic amines is 1. The number of anilines is 1. The molecular weight excluding hydrogens is 280 g/mol. The summed E-state index contributed by atoms with van der Waals surface area (Å²) in [5, 5.41) is 3.99. The monoisotopic (exact) mass is 302 g/mol. The van der Waals surface area contributed by atoms with E-state index in [0.29, 0.717) is 17.4 Å². The number of hydrogen-bond acceptors (Lipinski definition) is 5. The van der Waals surface area contributed by atoms with Crippen molar-refractivity contribution in [3.05, 3.63) is 34.6 Å². The smallest absolute Gasteiger partial charge is 0.260 e. The van der Waals surface area contributed by atoms with Gasteiger partial charge in [-0.25, -0.2) is 4.98 Å². The molecule has 118 valence electrons. The van der Waals surface area contributed by atoms with Crippen LogP contribution in [0.5, 0.6) is 0 Å². The van der Waals surface area contributed by atoms with Gasteiger partial charge in [0.25, 0.3) is 5.56 Å². The van der Waals surface area contributed by atoms with Crippen LogP contribution in [-0.2, 0) is 4.74 Å². The number of rotatable bonds is 5. The fraction of sp³-hybridized carbons (Fsp3) is 0.500. The van der Waals surface area contributed by atoms with Gasteiger partial charge in [-0.05, 0) is 31.5 Å². The Morgan fingerprint density at radius 3 is 3.18 bits per heavy atom. The number of nitrogens with zero attached hydrogens (tertiary/aromatic N) is 2. The lowest BCUT2D eigenvalue weighted by molar-refractivity contribution is 0.131. The van der Waals surface area contributed by atoms with Gasteiger partial charge in [0.05, 0.1) is 17.5 Å². The number of fused-ring (bicyclic) bond motifs is 1. The van der Waals surface area contributed by atoms with Gasteiger partial charge in [-0.2, -0.15) is 0 Å². The van der Waals surface area contributed by atoms with Crippen LogP contribution in [0.15, 0.2) is 29.1 Å². The molecule has 2 N–H and O–H groups in total. The van der Waals surface area contributed by atoms with Crippen LogP contribution in [0.3, 0.4) is 0 Å². The molecule has 1 aliphatic heterocycles. The standard InChI is InChI=1S/C16H22N4O2/c1-22-10-9-20-8-4-5-12(11-20)17-16-18-14-7-3-2-6-13(14)15(21)19-16/h2-3,6-7,12H,4-5,8-11H2,1H3,(H2,17,18,19,21)/t12-/m0/s1. The molecule has 0 radical (unpaired) electrons. The number of para-hydroxylation sites is 1. The average molecular weight is 302 g/mol. The number of likely N-dealkylation sites (tertiary alicyclic amines) is 1. The van der Waals surface area contributed by atoms with Gasteiger partial charge in [0.15, 0.2) is 0 Å². The number of benzene rings is 1. The Bertz CT molecular complexity index is 685. The summed E-state index contributed by atoms with van der Waals surface area (Å²) in [5.41, 5.74) is 0.626. The van der Waals surface area contributed by atoms with Crippen molar-refractivity contribution >= 4 is 16.9 Å². The van der Waals surface area contributed by atoms with E-state index in [-0.39, 0.29) is 5.56 Å². The zero-order valence-corrected chi connectivity index (χ0v) is 12.8.